The number of H-pyrrole nitrogens is 1. The van der Waals surface area contributed by atoms with Gasteiger partial charge >= 0.3 is 0 Å². The monoisotopic (exact) mass is 249 g/mol. The first kappa shape index (κ1) is 11.9. The van der Waals surface area contributed by atoms with Gasteiger partial charge in [-0.05, 0) is 36.8 Å². The molecule has 0 fully saturated rings. The van der Waals surface area contributed by atoms with Gasteiger partial charge in [-0.1, -0.05) is 6.07 Å². The summed E-state index contributed by atoms with van der Waals surface area (Å²) >= 11 is 5.24. The van der Waals surface area contributed by atoms with Gasteiger partial charge in [0.05, 0.1) is 11.0 Å². The van der Waals surface area contributed by atoms with Crippen LogP contribution in [0.15, 0.2) is 18.2 Å². The fourth-order valence-electron chi connectivity index (χ4n) is 1.71. The highest BCUT2D eigenvalue weighted by Gasteiger charge is 2.10. The van der Waals surface area contributed by atoms with Crippen LogP contribution in [0.5, 0.6) is 0 Å². The fourth-order valence-corrected chi connectivity index (χ4v) is 1.98. The van der Waals surface area contributed by atoms with Gasteiger partial charge < -0.3 is 14.5 Å². The molecule has 17 heavy (non-hydrogen) atoms. The van der Waals surface area contributed by atoms with Gasteiger partial charge in [-0.2, -0.15) is 0 Å². The van der Waals surface area contributed by atoms with Crippen molar-refractivity contribution in [1.29, 1.82) is 0 Å². The van der Waals surface area contributed by atoms with Crippen LogP contribution in [0, 0.1) is 11.7 Å². The Morgan fingerprint density at radius 2 is 2.18 bits per heavy atom. The molecule has 0 saturated carbocycles. The zero-order valence-electron chi connectivity index (χ0n) is 10.2. The van der Waals surface area contributed by atoms with Gasteiger partial charge in [-0.3, -0.25) is 4.79 Å². The van der Waals surface area contributed by atoms with Gasteiger partial charge in [0.1, 0.15) is 6.54 Å². The first-order valence-corrected chi connectivity index (χ1v) is 5.79. The first-order chi connectivity index (χ1) is 7.99. The van der Waals surface area contributed by atoms with Crippen LogP contribution in [0.25, 0.3) is 11.0 Å². The number of carbonyl (C=O) groups is 1. The number of nitrogens with one attached hydrogen (secondary N) is 1. The zero-order valence-corrected chi connectivity index (χ0v) is 11.0. The predicted octanol–water partition coefficient (Wildman–Crippen LogP) is 2.10. The van der Waals surface area contributed by atoms with Gasteiger partial charge in [0, 0.05) is 14.1 Å². The summed E-state index contributed by atoms with van der Waals surface area (Å²) in [6, 6.07) is 6.03. The average Bonchev–Trinajstić information content (AvgIpc) is 2.54. The minimum atomic E-state index is 0.0302. The Kier molecular flexibility index (Phi) is 3.02. The molecule has 0 atom stereocenters. The van der Waals surface area contributed by atoms with E-state index in [1.807, 2.05) is 29.7 Å². The molecule has 2 aromatic rings. The normalized spacial score (nSPS) is 10.8. The lowest BCUT2D eigenvalue weighted by molar-refractivity contribution is -0.129. The van der Waals surface area contributed by atoms with E-state index in [0.717, 1.165) is 11.0 Å². The summed E-state index contributed by atoms with van der Waals surface area (Å²) in [5.41, 5.74) is 3.11. The molecular formula is C12H15N3OS. The third kappa shape index (κ3) is 2.24. The summed E-state index contributed by atoms with van der Waals surface area (Å²) in [4.78, 5) is 16.4. The molecule has 0 spiro atoms. The summed E-state index contributed by atoms with van der Waals surface area (Å²) in [6.45, 7) is 2.30. The minimum Gasteiger partial charge on any atom is -0.347 e. The van der Waals surface area contributed by atoms with E-state index in [0.29, 0.717) is 4.77 Å². The van der Waals surface area contributed by atoms with Crippen LogP contribution in [-0.4, -0.2) is 34.5 Å². The van der Waals surface area contributed by atoms with Gasteiger partial charge in [-0.25, -0.2) is 0 Å². The number of likely N-dealkylation sites (N-methyl/N-ethyl adjacent to an activating group) is 1. The van der Waals surface area contributed by atoms with E-state index in [-0.39, 0.29) is 12.5 Å². The van der Waals surface area contributed by atoms with E-state index in [1.54, 1.807) is 19.0 Å². The maximum atomic E-state index is 11.7. The quantitative estimate of drug-likeness (QED) is 0.828. The molecule has 0 radical (unpaired) electrons. The molecule has 1 heterocycles. The topological polar surface area (TPSA) is 41.0 Å². The van der Waals surface area contributed by atoms with Crippen molar-refractivity contribution in [3.63, 3.8) is 0 Å². The fraction of sp³-hybridized carbons (Fsp3) is 0.333. The molecular weight excluding hydrogens is 234 g/mol. The van der Waals surface area contributed by atoms with Gasteiger partial charge in [0.15, 0.2) is 4.77 Å². The Bertz CT molecular complexity index is 624. The van der Waals surface area contributed by atoms with Crippen molar-refractivity contribution < 1.29 is 4.79 Å². The van der Waals surface area contributed by atoms with Crippen molar-refractivity contribution in [3.8, 4) is 0 Å². The van der Waals surface area contributed by atoms with Gasteiger partial charge in [0.25, 0.3) is 0 Å². The summed E-state index contributed by atoms with van der Waals surface area (Å²) in [5, 5.41) is 0. The predicted molar refractivity (Wildman–Crippen MR) is 70.6 cm³/mol. The van der Waals surface area contributed by atoms with Crippen LogP contribution in [0.1, 0.15) is 5.56 Å². The van der Waals surface area contributed by atoms with Crippen molar-refractivity contribution in [1.82, 2.24) is 14.5 Å². The standard InChI is InChI=1S/C12H15N3OS/c1-8-4-5-10-9(6-8)13-12(17)15(10)7-11(16)14(2)3/h4-6H,7H2,1-3H3,(H,13,17). The SMILES string of the molecule is Cc1ccc2c(c1)[nH]c(=S)n2CC(=O)N(C)C. The van der Waals surface area contributed by atoms with Crippen molar-refractivity contribution >= 4 is 29.2 Å². The maximum Gasteiger partial charge on any atom is 0.242 e. The zero-order chi connectivity index (χ0) is 12.6. The minimum absolute atomic E-state index is 0.0302. The largest absolute Gasteiger partial charge is 0.347 e. The van der Waals surface area contributed by atoms with Gasteiger partial charge in [-0.15, -0.1) is 0 Å². The summed E-state index contributed by atoms with van der Waals surface area (Å²) < 4.78 is 2.41. The lowest BCUT2D eigenvalue weighted by atomic mass is 10.2. The van der Waals surface area contributed by atoms with Crippen molar-refractivity contribution in [2.45, 2.75) is 13.5 Å². The summed E-state index contributed by atoms with van der Waals surface area (Å²) in [5.74, 6) is 0.0302. The molecule has 0 aliphatic heterocycles. The van der Waals surface area contributed by atoms with E-state index in [9.17, 15) is 4.79 Å². The highest BCUT2D eigenvalue weighted by molar-refractivity contribution is 7.71. The van der Waals surface area contributed by atoms with Crippen LogP contribution >= 0.6 is 12.2 Å². The number of aryl methyl sites for hydroxylation is 1. The van der Waals surface area contributed by atoms with Crippen molar-refractivity contribution in [2.24, 2.45) is 0 Å². The third-order valence-corrected chi connectivity index (χ3v) is 3.04. The lowest BCUT2D eigenvalue weighted by Crippen LogP contribution is -2.26. The number of benzene rings is 1. The van der Waals surface area contributed by atoms with E-state index < -0.39 is 0 Å². The van der Waals surface area contributed by atoms with Crippen LogP contribution in [0.4, 0.5) is 0 Å². The average molecular weight is 249 g/mol. The molecule has 5 heteroatoms. The molecule has 0 unspecified atom stereocenters. The summed E-state index contributed by atoms with van der Waals surface area (Å²) in [6.07, 6.45) is 0. The Balaban J connectivity index is 2.50. The van der Waals surface area contributed by atoms with E-state index >= 15 is 0 Å². The van der Waals surface area contributed by atoms with E-state index in [1.165, 1.54) is 5.56 Å². The van der Waals surface area contributed by atoms with Crippen molar-refractivity contribution in [2.75, 3.05) is 14.1 Å². The molecule has 0 saturated heterocycles. The number of carbonyl (C=O) groups excluding carboxylic acids is 1. The molecule has 90 valence electrons. The second-order valence-corrected chi connectivity index (χ2v) is 4.71. The number of hydrogen-bond donors (Lipinski definition) is 1. The molecule has 1 aromatic carbocycles. The van der Waals surface area contributed by atoms with Crippen LogP contribution in [0.3, 0.4) is 0 Å². The second-order valence-electron chi connectivity index (χ2n) is 4.33. The maximum absolute atomic E-state index is 11.7. The van der Waals surface area contributed by atoms with Gasteiger partial charge in [0.2, 0.25) is 5.91 Å². The van der Waals surface area contributed by atoms with E-state index in [4.69, 9.17) is 12.2 Å². The highest BCUT2D eigenvalue weighted by atomic mass is 32.1. The molecule has 0 bridgehead atoms. The second kappa shape index (κ2) is 4.33. The smallest absolute Gasteiger partial charge is 0.242 e. The molecule has 1 N–H and O–H groups in total. The number of rotatable bonds is 2. The Morgan fingerprint density at radius 1 is 1.47 bits per heavy atom. The number of nitrogens with zero attached hydrogens (tertiary/aromatic N) is 2. The molecule has 1 aromatic heterocycles. The van der Waals surface area contributed by atoms with Crippen molar-refractivity contribution in [3.05, 3.63) is 28.5 Å². The molecule has 0 aliphatic carbocycles. The van der Waals surface area contributed by atoms with Crippen LogP contribution in [0.2, 0.25) is 0 Å². The number of hydrogen-bond acceptors (Lipinski definition) is 2. The number of aromatic nitrogens is 2. The Labute approximate surface area is 105 Å². The molecule has 2 rings (SSSR count). The third-order valence-electron chi connectivity index (χ3n) is 2.72. The Hall–Kier alpha value is -1.62. The lowest BCUT2D eigenvalue weighted by Gasteiger charge is -2.11. The molecule has 1 amide bonds. The van der Waals surface area contributed by atoms with Crippen LogP contribution in [-0.2, 0) is 11.3 Å². The highest BCUT2D eigenvalue weighted by Crippen LogP contribution is 2.15. The van der Waals surface area contributed by atoms with E-state index in [2.05, 4.69) is 4.98 Å². The number of amides is 1. The van der Waals surface area contributed by atoms with Crippen LogP contribution < -0.4 is 0 Å². The summed E-state index contributed by atoms with van der Waals surface area (Å²) in [7, 11) is 3.48. The number of imidazole rings is 1. The number of fused-ring (bicyclic) bond motifs is 1. The number of aromatic amines is 1. The first-order valence-electron chi connectivity index (χ1n) is 5.38. The Morgan fingerprint density at radius 3 is 2.82 bits per heavy atom. The molecule has 4 nitrogen and oxygen atoms in total. The molecule has 0 aliphatic rings.